The molecule has 0 radical (unpaired) electrons. The number of rotatable bonds is 6. The standard InChI is InChI=1S/C12H19NOS/c1-3-12(4-2,10-15)9-14-11-6-5-7-13-8-11/h5-8,15H,3-4,9-10H2,1-2H3. The zero-order valence-corrected chi connectivity index (χ0v) is 10.3. The van der Waals surface area contributed by atoms with E-state index in [9.17, 15) is 0 Å². The first-order chi connectivity index (χ1) is 7.26. The third-order valence-corrected chi connectivity index (χ3v) is 3.69. The zero-order valence-electron chi connectivity index (χ0n) is 9.44. The maximum atomic E-state index is 5.73. The minimum atomic E-state index is 0.193. The molecular formula is C12H19NOS. The normalized spacial score (nSPS) is 11.4. The lowest BCUT2D eigenvalue weighted by molar-refractivity contribution is 0.156. The third-order valence-electron chi connectivity index (χ3n) is 3.01. The van der Waals surface area contributed by atoms with E-state index in [0.717, 1.165) is 31.0 Å². The van der Waals surface area contributed by atoms with Crippen molar-refractivity contribution in [1.29, 1.82) is 0 Å². The van der Waals surface area contributed by atoms with Crippen LogP contribution in [0.25, 0.3) is 0 Å². The van der Waals surface area contributed by atoms with Gasteiger partial charge in [-0.15, -0.1) is 0 Å². The molecule has 0 amide bonds. The van der Waals surface area contributed by atoms with Crippen LogP contribution in [0.5, 0.6) is 5.75 Å². The fourth-order valence-electron chi connectivity index (χ4n) is 1.39. The van der Waals surface area contributed by atoms with E-state index in [1.807, 2.05) is 12.1 Å². The maximum absolute atomic E-state index is 5.73. The quantitative estimate of drug-likeness (QED) is 0.751. The van der Waals surface area contributed by atoms with Crippen LogP contribution < -0.4 is 4.74 Å². The molecule has 1 aromatic rings. The van der Waals surface area contributed by atoms with Gasteiger partial charge in [-0.25, -0.2) is 0 Å². The summed E-state index contributed by atoms with van der Waals surface area (Å²) in [6, 6.07) is 3.82. The number of aromatic nitrogens is 1. The summed E-state index contributed by atoms with van der Waals surface area (Å²) in [4.78, 5) is 4.02. The number of pyridine rings is 1. The lowest BCUT2D eigenvalue weighted by Gasteiger charge is -2.29. The minimum absolute atomic E-state index is 0.193. The number of thiol groups is 1. The Labute approximate surface area is 97.5 Å². The van der Waals surface area contributed by atoms with Gasteiger partial charge in [0.2, 0.25) is 0 Å². The molecule has 1 heterocycles. The highest BCUT2D eigenvalue weighted by atomic mass is 32.1. The smallest absolute Gasteiger partial charge is 0.137 e. The maximum Gasteiger partial charge on any atom is 0.137 e. The van der Waals surface area contributed by atoms with Crippen LogP contribution in [0, 0.1) is 5.41 Å². The Morgan fingerprint density at radius 1 is 1.40 bits per heavy atom. The van der Waals surface area contributed by atoms with Gasteiger partial charge in [-0.05, 0) is 30.7 Å². The molecule has 84 valence electrons. The Balaban J connectivity index is 2.54. The summed E-state index contributed by atoms with van der Waals surface area (Å²) in [6.45, 7) is 5.09. The van der Waals surface area contributed by atoms with Crippen LogP contribution in [0.3, 0.4) is 0 Å². The number of nitrogens with zero attached hydrogens (tertiary/aromatic N) is 1. The van der Waals surface area contributed by atoms with Crippen LogP contribution in [0.15, 0.2) is 24.5 Å². The number of ether oxygens (including phenoxy) is 1. The predicted octanol–water partition coefficient (Wildman–Crippen LogP) is 3.20. The second-order valence-electron chi connectivity index (χ2n) is 3.84. The summed E-state index contributed by atoms with van der Waals surface area (Å²) >= 11 is 4.41. The van der Waals surface area contributed by atoms with E-state index in [1.165, 1.54) is 0 Å². The molecule has 0 N–H and O–H groups in total. The first-order valence-electron chi connectivity index (χ1n) is 5.40. The topological polar surface area (TPSA) is 22.1 Å². The van der Waals surface area contributed by atoms with Gasteiger partial charge in [0.25, 0.3) is 0 Å². The molecule has 0 bridgehead atoms. The van der Waals surface area contributed by atoms with E-state index < -0.39 is 0 Å². The van der Waals surface area contributed by atoms with Crippen molar-refractivity contribution >= 4 is 12.6 Å². The van der Waals surface area contributed by atoms with Crippen molar-refractivity contribution in [2.24, 2.45) is 5.41 Å². The van der Waals surface area contributed by atoms with Gasteiger partial charge in [0.05, 0.1) is 12.8 Å². The Bertz CT molecular complexity index is 264. The van der Waals surface area contributed by atoms with Crippen molar-refractivity contribution in [3.63, 3.8) is 0 Å². The molecule has 0 saturated heterocycles. The molecule has 0 saturated carbocycles. The fourth-order valence-corrected chi connectivity index (χ4v) is 1.93. The van der Waals surface area contributed by atoms with Gasteiger partial charge in [-0.3, -0.25) is 4.98 Å². The minimum Gasteiger partial charge on any atom is -0.491 e. The van der Waals surface area contributed by atoms with Crippen LogP contribution in [0.1, 0.15) is 26.7 Å². The molecule has 0 aliphatic carbocycles. The lowest BCUT2D eigenvalue weighted by Crippen LogP contribution is -2.29. The zero-order chi connectivity index (χ0) is 11.1. The van der Waals surface area contributed by atoms with E-state index in [2.05, 4.69) is 31.5 Å². The van der Waals surface area contributed by atoms with Crippen molar-refractivity contribution in [2.45, 2.75) is 26.7 Å². The van der Waals surface area contributed by atoms with Gasteiger partial charge >= 0.3 is 0 Å². The monoisotopic (exact) mass is 225 g/mol. The summed E-state index contributed by atoms with van der Waals surface area (Å²) in [6.07, 6.45) is 5.67. The fraction of sp³-hybridized carbons (Fsp3) is 0.583. The van der Waals surface area contributed by atoms with E-state index in [1.54, 1.807) is 12.4 Å². The SMILES string of the molecule is CCC(CC)(CS)COc1cccnc1. The summed E-state index contributed by atoms with van der Waals surface area (Å²) in [5.74, 6) is 1.70. The first kappa shape index (κ1) is 12.4. The largest absolute Gasteiger partial charge is 0.491 e. The first-order valence-corrected chi connectivity index (χ1v) is 6.03. The average molecular weight is 225 g/mol. The second-order valence-corrected chi connectivity index (χ2v) is 4.16. The van der Waals surface area contributed by atoms with E-state index >= 15 is 0 Å². The van der Waals surface area contributed by atoms with Crippen LogP contribution in [0.4, 0.5) is 0 Å². The van der Waals surface area contributed by atoms with Gasteiger partial charge in [-0.2, -0.15) is 12.6 Å². The summed E-state index contributed by atoms with van der Waals surface area (Å²) in [5, 5.41) is 0. The van der Waals surface area contributed by atoms with E-state index in [4.69, 9.17) is 4.74 Å². The molecular weight excluding hydrogens is 206 g/mol. The van der Waals surface area contributed by atoms with Gasteiger partial charge in [0.1, 0.15) is 5.75 Å². The Hall–Kier alpha value is -0.700. The Kier molecular flexibility index (Phi) is 4.95. The van der Waals surface area contributed by atoms with Crippen molar-refractivity contribution in [2.75, 3.05) is 12.4 Å². The number of hydrogen-bond acceptors (Lipinski definition) is 3. The number of hydrogen-bond donors (Lipinski definition) is 1. The third kappa shape index (κ3) is 3.42. The van der Waals surface area contributed by atoms with E-state index in [-0.39, 0.29) is 5.41 Å². The highest BCUT2D eigenvalue weighted by molar-refractivity contribution is 7.80. The highest BCUT2D eigenvalue weighted by Gasteiger charge is 2.25. The van der Waals surface area contributed by atoms with E-state index in [0.29, 0.717) is 0 Å². The Morgan fingerprint density at radius 2 is 2.13 bits per heavy atom. The molecule has 0 aliphatic rings. The molecule has 0 aliphatic heterocycles. The molecule has 1 aromatic heterocycles. The van der Waals surface area contributed by atoms with Gasteiger partial charge in [-0.1, -0.05) is 13.8 Å². The van der Waals surface area contributed by atoms with Crippen LogP contribution in [-0.2, 0) is 0 Å². The lowest BCUT2D eigenvalue weighted by atomic mass is 9.85. The van der Waals surface area contributed by atoms with Crippen molar-refractivity contribution in [1.82, 2.24) is 4.98 Å². The molecule has 3 heteroatoms. The molecule has 0 aromatic carbocycles. The predicted molar refractivity (Wildman–Crippen MR) is 66.6 cm³/mol. The molecule has 0 atom stereocenters. The van der Waals surface area contributed by atoms with Crippen LogP contribution in [-0.4, -0.2) is 17.3 Å². The molecule has 0 fully saturated rings. The molecule has 15 heavy (non-hydrogen) atoms. The van der Waals surface area contributed by atoms with Crippen molar-refractivity contribution in [3.8, 4) is 5.75 Å². The van der Waals surface area contributed by atoms with Gasteiger partial charge < -0.3 is 4.74 Å². The summed E-state index contributed by atoms with van der Waals surface area (Å²) in [5.41, 5.74) is 0.193. The average Bonchev–Trinajstić information content (AvgIpc) is 2.33. The Morgan fingerprint density at radius 3 is 2.60 bits per heavy atom. The molecule has 0 spiro atoms. The summed E-state index contributed by atoms with van der Waals surface area (Å²) in [7, 11) is 0. The highest BCUT2D eigenvalue weighted by Crippen LogP contribution is 2.28. The van der Waals surface area contributed by atoms with Crippen LogP contribution in [0.2, 0.25) is 0 Å². The van der Waals surface area contributed by atoms with Crippen molar-refractivity contribution in [3.05, 3.63) is 24.5 Å². The molecule has 0 unspecified atom stereocenters. The second kappa shape index (κ2) is 6.01. The summed E-state index contributed by atoms with van der Waals surface area (Å²) < 4.78 is 5.73. The molecule has 1 rings (SSSR count). The molecule has 2 nitrogen and oxygen atoms in total. The van der Waals surface area contributed by atoms with Gasteiger partial charge in [0.15, 0.2) is 0 Å². The van der Waals surface area contributed by atoms with Crippen LogP contribution >= 0.6 is 12.6 Å². The van der Waals surface area contributed by atoms with Gasteiger partial charge in [0, 0.05) is 11.6 Å². The van der Waals surface area contributed by atoms with Crippen molar-refractivity contribution < 1.29 is 4.74 Å².